The van der Waals surface area contributed by atoms with Gasteiger partial charge in [0.25, 0.3) is 5.91 Å². The van der Waals surface area contributed by atoms with Gasteiger partial charge in [-0.2, -0.15) is 0 Å². The van der Waals surface area contributed by atoms with Gasteiger partial charge in [-0.1, -0.05) is 18.2 Å². The van der Waals surface area contributed by atoms with Crippen LogP contribution in [0.2, 0.25) is 0 Å². The molecule has 26 heavy (non-hydrogen) atoms. The predicted molar refractivity (Wildman–Crippen MR) is 93.9 cm³/mol. The van der Waals surface area contributed by atoms with Gasteiger partial charge in [-0.3, -0.25) is 4.79 Å². The molecular formula is C19H19F2N3O2. The van der Waals surface area contributed by atoms with E-state index in [9.17, 15) is 18.4 Å². The van der Waals surface area contributed by atoms with Crippen LogP contribution < -0.4 is 5.32 Å². The molecule has 5 nitrogen and oxygen atoms in total. The summed E-state index contributed by atoms with van der Waals surface area (Å²) in [6, 6.07) is 11.8. The van der Waals surface area contributed by atoms with Crippen LogP contribution in [0.3, 0.4) is 0 Å². The summed E-state index contributed by atoms with van der Waals surface area (Å²) >= 11 is 0. The van der Waals surface area contributed by atoms with Gasteiger partial charge in [-0.15, -0.1) is 0 Å². The number of hydrogen-bond donors (Lipinski definition) is 1. The quantitative estimate of drug-likeness (QED) is 0.894. The number of para-hydroxylation sites is 1. The van der Waals surface area contributed by atoms with E-state index < -0.39 is 17.5 Å². The molecule has 3 rings (SSSR count). The molecule has 0 radical (unpaired) electrons. The van der Waals surface area contributed by atoms with E-state index in [0.29, 0.717) is 37.8 Å². The standard InChI is InChI=1S/C19H19F2N3O2/c20-14-7-8-16(17(21)13-14)18(25)23-9-4-10-24(12-11-23)19(26)22-15-5-2-1-3-6-15/h1-3,5-8,13H,4,9-12H2,(H,22,26). The molecule has 1 fully saturated rings. The molecule has 2 aromatic rings. The maximum absolute atomic E-state index is 13.8. The maximum atomic E-state index is 13.8. The Morgan fingerprint density at radius 3 is 2.31 bits per heavy atom. The molecule has 0 unspecified atom stereocenters. The Kier molecular flexibility index (Phi) is 5.46. The van der Waals surface area contributed by atoms with Crippen molar-refractivity contribution < 1.29 is 18.4 Å². The van der Waals surface area contributed by atoms with Gasteiger partial charge in [-0.25, -0.2) is 13.6 Å². The van der Waals surface area contributed by atoms with Gasteiger partial charge in [0, 0.05) is 37.9 Å². The van der Waals surface area contributed by atoms with Gasteiger partial charge in [0.15, 0.2) is 0 Å². The zero-order chi connectivity index (χ0) is 18.5. The normalized spacial score (nSPS) is 14.7. The van der Waals surface area contributed by atoms with Gasteiger partial charge >= 0.3 is 6.03 Å². The molecule has 3 amide bonds. The molecule has 1 aliphatic rings. The zero-order valence-corrected chi connectivity index (χ0v) is 14.1. The first-order chi connectivity index (χ1) is 12.5. The Morgan fingerprint density at radius 2 is 1.58 bits per heavy atom. The van der Waals surface area contributed by atoms with Gasteiger partial charge in [-0.05, 0) is 30.7 Å². The van der Waals surface area contributed by atoms with E-state index in [2.05, 4.69) is 5.32 Å². The summed E-state index contributed by atoms with van der Waals surface area (Å²) in [5, 5.41) is 2.81. The molecule has 7 heteroatoms. The number of nitrogens with one attached hydrogen (secondary N) is 1. The minimum atomic E-state index is -0.877. The van der Waals surface area contributed by atoms with Crippen molar-refractivity contribution in [1.29, 1.82) is 0 Å². The second kappa shape index (κ2) is 7.95. The fraction of sp³-hybridized carbons (Fsp3) is 0.263. The Bertz CT molecular complexity index is 799. The second-order valence-corrected chi connectivity index (χ2v) is 6.05. The van der Waals surface area contributed by atoms with Crippen molar-refractivity contribution in [2.24, 2.45) is 0 Å². The van der Waals surface area contributed by atoms with Crippen molar-refractivity contribution >= 4 is 17.6 Å². The molecule has 1 aliphatic heterocycles. The lowest BCUT2D eigenvalue weighted by Gasteiger charge is -2.22. The van der Waals surface area contributed by atoms with E-state index in [4.69, 9.17) is 0 Å². The Balaban J connectivity index is 1.62. The number of carbonyl (C=O) groups excluding carboxylic acids is 2. The molecule has 0 spiro atoms. The summed E-state index contributed by atoms with van der Waals surface area (Å²) in [4.78, 5) is 28.0. The molecular weight excluding hydrogens is 340 g/mol. The van der Waals surface area contributed by atoms with Gasteiger partial charge in [0.2, 0.25) is 0 Å². The molecule has 0 aromatic heterocycles. The van der Waals surface area contributed by atoms with E-state index in [1.165, 1.54) is 4.90 Å². The van der Waals surface area contributed by atoms with Crippen LogP contribution in [0.15, 0.2) is 48.5 Å². The number of anilines is 1. The molecule has 0 bridgehead atoms. The van der Waals surface area contributed by atoms with Gasteiger partial charge in [0.05, 0.1) is 5.56 Å². The second-order valence-electron chi connectivity index (χ2n) is 6.05. The third kappa shape index (κ3) is 4.17. The van der Waals surface area contributed by atoms with Crippen LogP contribution >= 0.6 is 0 Å². The largest absolute Gasteiger partial charge is 0.337 e. The lowest BCUT2D eigenvalue weighted by molar-refractivity contribution is 0.0758. The average molecular weight is 359 g/mol. The predicted octanol–water partition coefficient (Wildman–Crippen LogP) is 3.34. The van der Waals surface area contributed by atoms with Crippen LogP contribution in [0.25, 0.3) is 0 Å². The molecule has 1 heterocycles. The van der Waals surface area contributed by atoms with Crippen LogP contribution in [0.4, 0.5) is 19.3 Å². The Morgan fingerprint density at radius 1 is 0.885 bits per heavy atom. The summed E-state index contributed by atoms with van der Waals surface area (Å²) in [7, 11) is 0. The summed E-state index contributed by atoms with van der Waals surface area (Å²) in [6.07, 6.45) is 0.580. The average Bonchev–Trinajstić information content (AvgIpc) is 2.88. The Labute approximate surface area is 150 Å². The third-order valence-corrected chi connectivity index (χ3v) is 4.26. The van der Waals surface area contributed by atoms with Crippen molar-refractivity contribution in [3.63, 3.8) is 0 Å². The van der Waals surface area contributed by atoms with Crippen molar-refractivity contribution in [1.82, 2.24) is 9.80 Å². The third-order valence-electron chi connectivity index (χ3n) is 4.26. The van der Waals surface area contributed by atoms with Crippen molar-refractivity contribution in [2.45, 2.75) is 6.42 Å². The highest BCUT2D eigenvalue weighted by molar-refractivity contribution is 5.94. The number of carbonyl (C=O) groups is 2. The van der Waals surface area contributed by atoms with Crippen LogP contribution in [0.5, 0.6) is 0 Å². The number of nitrogens with zero attached hydrogens (tertiary/aromatic N) is 2. The van der Waals surface area contributed by atoms with E-state index in [-0.39, 0.29) is 18.1 Å². The lowest BCUT2D eigenvalue weighted by Crippen LogP contribution is -2.39. The first-order valence-corrected chi connectivity index (χ1v) is 8.40. The van der Waals surface area contributed by atoms with Crippen molar-refractivity contribution in [3.05, 3.63) is 65.7 Å². The van der Waals surface area contributed by atoms with E-state index in [0.717, 1.165) is 12.1 Å². The lowest BCUT2D eigenvalue weighted by atomic mass is 10.1. The monoisotopic (exact) mass is 359 g/mol. The number of halogens is 2. The van der Waals surface area contributed by atoms with Crippen molar-refractivity contribution in [3.8, 4) is 0 Å². The van der Waals surface area contributed by atoms with Crippen LogP contribution in [-0.4, -0.2) is 47.9 Å². The van der Waals surface area contributed by atoms with Crippen LogP contribution in [0.1, 0.15) is 16.8 Å². The summed E-state index contributed by atoms with van der Waals surface area (Å²) in [5.74, 6) is -2.09. The van der Waals surface area contributed by atoms with Gasteiger partial charge in [0.1, 0.15) is 11.6 Å². The minimum Gasteiger partial charge on any atom is -0.337 e. The number of rotatable bonds is 2. The van der Waals surface area contributed by atoms with E-state index in [1.54, 1.807) is 17.0 Å². The highest BCUT2D eigenvalue weighted by Crippen LogP contribution is 2.15. The minimum absolute atomic E-state index is 0.159. The molecule has 0 aliphatic carbocycles. The molecule has 1 N–H and O–H groups in total. The molecule has 0 atom stereocenters. The highest BCUT2D eigenvalue weighted by atomic mass is 19.1. The topological polar surface area (TPSA) is 52.7 Å². The number of amides is 3. The molecule has 2 aromatic carbocycles. The fourth-order valence-corrected chi connectivity index (χ4v) is 2.88. The molecule has 136 valence electrons. The van der Waals surface area contributed by atoms with E-state index >= 15 is 0 Å². The first kappa shape index (κ1) is 17.8. The highest BCUT2D eigenvalue weighted by Gasteiger charge is 2.24. The fourth-order valence-electron chi connectivity index (χ4n) is 2.88. The maximum Gasteiger partial charge on any atom is 0.321 e. The van der Waals surface area contributed by atoms with E-state index in [1.807, 2.05) is 18.2 Å². The summed E-state index contributed by atoms with van der Waals surface area (Å²) < 4.78 is 26.9. The van der Waals surface area contributed by atoms with Crippen LogP contribution in [-0.2, 0) is 0 Å². The van der Waals surface area contributed by atoms with Crippen molar-refractivity contribution in [2.75, 3.05) is 31.5 Å². The summed E-state index contributed by atoms with van der Waals surface area (Å²) in [6.45, 7) is 1.53. The van der Waals surface area contributed by atoms with Crippen LogP contribution in [0, 0.1) is 11.6 Å². The number of benzene rings is 2. The smallest absolute Gasteiger partial charge is 0.321 e. The summed E-state index contributed by atoms with van der Waals surface area (Å²) in [5.41, 5.74) is 0.539. The molecule has 1 saturated heterocycles. The molecule has 0 saturated carbocycles. The zero-order valence-electron chi connectivity index (χ0n) is 14.1. The number of urea groups is 1. The SMILES string of the molecule is O=C(Nc1ccccc1)N1CCCN(C(=O)c2ccc(F)cc2F)CC1. The first-order valence-electron chi connectivity index (χ1n) is 8.40. The number of hydrogen-bond acceptors (Lipinski definition) is 2. The Hall–Kier alpha value is -2.96. The van der Waals surface area contributed by atoms with Gasteiger partial charge < -0.3 is 15.1 Å².